The van der Waals surface area contributed by atoms with Gasteiger partial charge in [-0.2, -0.15) is 0 Å². The number of hydrogen-bond acceptors (Lipinski definition) is 3. The van der Waals surface area contributed by atoms with Gasteiger partial charge in [0.2, 0.25) is 0 Å². The Morgan fingerprint density at radius 1 is 1.05 bits per heavy atom. The molecule has 0 saturated carbocycles. The van der Waals surface area contributed by atoms with E-state index in [1.807, 2.05) is 11.4 Å². The first-order valence-electron chi connectivity index (χ1n) is 7.13. The predicted molar refractivity (Wildman–Crippen MR) is 81.9 cm³/mol. The van der Waals surface area contributed by atoms with Crippen LogP contribution in [-0.4, -0.2) is 41.9 Å². The van der Waals surface area contributed by atoms with Crippen LogP contribution in [0.15, 0.2) is 35.7 Å². The number of benzene rings is 1. The van der Waals surface area contributed by atoms with Crippen molar-refractivity contribution in [3.63, 3.8) is 0 Å². The molecule has 0 radical (unpaired) electrons. The highest BCUT2D eigenvalue weighted by Gasteiger charge is 2.26. The van der Waals surface area contributed by atoms with E-state index in [1.165, 1.54) is 15.8 Å². The van der Waals surface area contributed by atoms with Gasteiger partial charge in [-0.25, -0.2) is 8.78 Å². The fourth-order valence-corrected chi connectivity index (χ4v) is 3.34. The van der Waals surface area contributed by atoms with Crippen LogP contribution < -0.4 is 0 Å². The predicted octanol–water partition coefficient (Wildman–Crippen LogP) is 2.98. The minimum absolute atomic E-state index is 0.450. The van der Waals surface area contributed by atoms with Crippen molar-refractivity contribution in [2.45, 2.75) is 6.54 Å². The third kappa shape index (κ3) is 3.18. The Hall–Kier alpha value is -1.79. The zero-order chi connectivity index (χ0) is 15.5. The molecule has 1 amide bonds. The van der Waals surface area contributed by atoms with Gasteiger partial charge in [0.25, 0.3) is 5.91 Å². The van der Waals surface area contributed by atoms with Crippen molar-refractivity contribution in [2.24, 2.45) is 0 Å². The molecule has 1 aromatic heterocycles. The molecular formula is C16H16F2N2OS. The molecule has 22 heavy (non-hydrogen) atoms. The van der Waals surface area contributed by atoms with Crippen LogP contribution in [0.5, 0.6) is 0 Å². The Balaban J connectivity index is 1.62. The van der Waals surface area contributed by atoms with E-state index in [2.05, 4.69) is 11.0 Å². The van der Waals surface area contributed by atoms with Crippen LogP contribution in [0.1, 0.15) is 15.2 Å². The van der Waals surface area contributed by atoms with Crippen molar-refractivity contribution in [3.8, 4) is 0 Å². The zero-order valence-electron chi connectivity index (χ0n) is 12.0. The van der Waals surface area contributed by atoms with Crippen molar-refractivity contribution >= 4 is 17.2 Å². The number of nitrogens with zero attached hydrogens (tertiary/aromatic N) is 2. The molecule has 0 N–H and O–H groups in total. The van der Waals surface area contributed by atoms with Gasteiger partial charge in [0.05, 0.1) is 0 Å². The smallest absolute Gasteiger partial charge is 0.259 e. The van der Waals surface area contributed by atoms with Gasteiger partial charge < -0.3 is 4.90 Å². The SMILES string of the molecule is O=C(c1c(F)cccc1F)N1CCN(Cc2cccs2)CC1. The highest BCUT2D eigenvalue weighted by molar-refractivity contribution is 7.09. The summed E-state index contributed by atoms with van der Waals surface area (Å²) in [5.74, 6) is -2.16. The van der Waals surface area contributed by atoms with Crippen molar-refractivity contribution in [1.82, 2.24) is 9.80 Å². The topological polar surface area (TPSA) is 23.6 Å². The second-order valence-corrected chi connectivity index (χ2v) is 6.28. The number of hydrogen-bond donors (Lipinski definition) is 0. The molecule has 1 aromatic carbocycles. The van der Waals surface area contributed by atoms with E-state index in [1.54, 1.807) is 11.3 Å². The maximum absolute atomic E-state index is 13.7. The Labute approximate surface area is 131 Å². The monoisotopic (exact) mass is 322 g/mol. The van der Waals surface area contributed by atoms with Crippen molar-refractivity contribution in [2.75, 3.05) is 26.2 Å². The molecule has 1 fully saturated rings. The lowest BCUT2D eigenvalue weighted by Gasteiger charge is -2.34. The molecule has 6 heteroatoms. The second-order valence-electron chi connectivity index (χ2n) is 5.24. The van der Waals surface area contributed by atoms with Crippen LogP contribution >= 0.6 is 11.3 Å². The molecule has 1 aliphatic heterocycles. The Bertz CT molecular complexity index is 632. The van der Waals surface area contributed by atoms with Crippen LogP contribution in [-0.2, 0) is 6.54 Å². The molecule has 0 unspecified atom stereocenters. The quantitative estimate of drug-likeness (QED) is 0.867. The number of rotatable bonds is 3. The molecule has 3 rings (SSSR count). The summed E-state index contributed by atoms with van der Waals surface area (Å²) < 4.78 is 27.4. The molecule has 116 valence electrons. The molecular weight excluding hydrogens is 306 g/mol. The Kier molecular flexibility index (Phi) is 4.49. The summed E-state index contributed by atoms with van der Waals surface area (Å²) in [6, 6.07) is 7.59. The number of amides is 1. The van der Waals surface area contributed by atoms with Gasteiger partial charge in [-0.3, -0.25) is 9.69 Å². The van der Waals surface area contributed by atoms with E-state index in [0.717, 1.165) is 18.7 Å². The summed E-state index contributed by atoms with van der Waals surface area (Å²) in [4.78, 5) is 17.3. The zero-order valence-corrected chi connectivity index (χ0v) is 12.8. The number of piperazine rings is 1. The average molecular weight is 322 g/mol. The summed E-state index contributed by atoms with van der Waals surface area (Å²) in [6.07, 6.45) is 0. The molecule has 2 aromatic rings. The summed E-state index contributed by atoms with van der Waals surface area (Å²) in [5, 5.41) is 2.04. The van der Waals surface area contributed by atoms with Gasteiger partial charge in [0.1, 0.15) is 17.2 Å². The lowest BCUT2D eigenvalue weighted by atomic mass is 10.1. The van der Waals surface area contributed by atoms with Gasteiger partial charge in [-0.05, 0) is 23.6 Å². The van der Waals surface area contributed by atoms with Crippen molar-refractivity contribution in [3.05, 3.63) is 57.8 Å². The van der Waals surface area contributed by atoms with Crippen LogP contribution in [0.2, 0.25) is 0 Å². The Morgan fingerprint density at radius 2 is 1.73 bits per heavy atom. The molecule has 0 atom stereocenters. The van der Waals surface area contributed by atoms with Gasteiger partial charge >= 0.3 is 0 Å². The molecule has 0 bridgehead atoms. The molecule has 0 spiro atoms. The van der Waals surface area contributed by atoms with E-state index in [9.17, 15) is 13.6 Å². The summed E-state index contributed by atoms with van der Waals surface area (Å²) in [7, 11) is 0. The largest absolute Gasteiger partial charge is 0.336 e. The average Bonchev–Trinajstić information content (AvgIpc) is 3.00. The van der Waals surface area contributed by atoms with E-state index < -0.39 is 23.1 Å². The summed E-state index contributed by atoms with van der Waals surface area (Å²) in [6.45, 7) is 3.24. The minimum Gasteiger partial charge on any atom is -0.336 e. The molecule has 3 nitrogen and oxygen atoms in total. The minimum atomic E-state index is -0.800. The summed E-state index contributed by atoms with van der Waals surface area (Å²) >= 11 is 1.70. The maximum Gasteiger partial charge on any atom is 0.259 e. The summed E-state index contributed by atoms with van der Waals surface area (Å²) in [5.41, 5.74) is -0.450. The fraction of sp³-hybridized carbons (Fsp3) is 0.312. The number of carbonyl (C=O) groups excluding carboxylic acids is 1. The molecule has 2 heterocycles. The van der Waals surface area contributed by atoms with Crippen molar-refractivity contribution in [1.29, 1.82) is 0 Å². The lowest BCUT2D eigenvalue weighted by molar-refractivity contribution is 0.0620. The molecule has 1 aliphatic rings. The van der Waals surface area contributed by atoms with Crippen LogP contribution in [0.4, 0.5) is 8.78 Å². The van der Waals surface area contributed by atoms with E-state index >= 15 is 0 Å². The van der Waals surface area contributed by atoms with Gasteiger partial charge in [-0.1, -0.05) is 12.1 Å². The third-order valence-electron chi connectivity index (χ3n) is 3.80. The number of carbonyl (C=O) groups is 1. The van der Waals surface area contributed by atoms with Crippen molar-refractivity contribution < 1.29 is 13.6 Å². The number of thiophene rings is 1. The Morgan fingerprint density at radius 3 is 2.32 bits per heavy atom. The normalized spacial score (nSPS) is 16.0. The first-order valence-corrected chi connectivity index (χ1v) is 8.01. The van der Waals surface area contributed by atoms with Crippen LogP contribution in [0, 0.1) is 11.6 Å². The van der Waals surface area contributed by atoms with E-state index in [0.29, 0.717) is 26.2 Å². The highest BCUT2D eigenvalue weighted by atomic mass is 32.1. The molecule has 1 saturated heterocycles. The first kappa shape index (κ1) is 15.1. The maximum atomic E-state index is 13.7. The third-order valence-corrected chi connectivity index (χ3v) is 4.66. The van der Waals surface area contributed by atoms with Gasteiger partial charge in [-0.15, -0.1) is 11.3 Å². The number of halogens is 2. The first-order chi connectivity index (χ1) is 10.6. The van der Waals surface area contributed by atoms with Crippen LogP contribution in [0.25, 0.3) is 0 Å². The van der Waals surface area contributed by atoms with Gasteiger partial charge in [0.15, 0.2) is 0 Å². The van der Waals surface area contributed by atoms with E-state index in [-0.39, 0.29) is 0 Å². The van der Waals surface area contributed by atoms with Gasteiger partial charge in [0, 0.05) is 37.6 Å². The standard InChI is InChI=1S/C16H16F2N2OS/c17-13-4-1-5-14(18)15(13)16(21)20-8-6-19(7-9-20)11-12-3-2-10-22-12/h1-5,10H,6-9,11H2. The second kappa shape index (κ2) is 6.54. The van der Waals surface area contributed by atoms with E-state index in [4.69, 9.17) is 0 Å². The van der Waals surface area contributed by atoms with Crippen LogP contribution in [0.3, 0.4) is 0 Å². The lowest BCUT2D eigenvalue weighted by Crippen LogP contribution is -2.48. The highest BCUT2D eigenvalue weighted by Crippen LogP contribution is 2.18. The fourth-order valence-electron chi connectivity index (χ4n) is 2.59. The molecule has 0 aliphatic carbocycles.